The van der Waals surface area contributed by atoms with Crippen LogP contribution in [0.3, 0.4) is 0 Å². The SMILES string of the molecule is O=c1ccc2cc(OS(=O)(=O)[O-])c([O-])c(OS(=O)(=O)[O-])c2o1. The van der Waals surface area contributed by atoms with E-state index in [0.717, 1.165) is 12.1 Å². The average Bonchev–Trinajstić information content (AvgIpc) is 2.32. The minimum Gasteiger partial charge on any atom is -0.867 e. The molecule has 120 valence electrons. The van der Waals surface area contributed by atoms with Crippen molar-refractivity contribution in [2.75, 3.05) is 0 Å². The Hall–Kier alpha value is -2.35. The minimum atomic E-state index is -5.46. The molecule has 22 heavy (non-hydrogen) atoms. The van der Waals surface area contributed by atoms with E-state index in [1.807, 2.05) is 0 Å². The van der Waals surface area contributed by atoms with Crippen LogP contribution in [0.2, 0.25) is 0 Å². The zero-order chi connectivity index (χ0) is 16.7. The lowest BCUT2D eigenvalue weighted by Crippen LogP contribution is -2.13. The van der Waals surface area contributed by atoms with Gasteiger partial charge in [-0.25, -0.2) is 21.6 Å². The lowest BCUT2D eigenvalue weighted by atomic mass is 10.2. The summed E-state index contributed by atoms with van der Waals surface area (Å²) in [7, 11) is -10.8. The van der Waals surface area contributed by atoms with Crippen molar-refractivity contribution >= 4 is 31.8 Å². The van der Waals surface area contributed by atoms with E-state index in [1.54, 1.807) is 0 Å². The molecule has 0 aliphatic rings. The molecule has 2 rings (SSSR count). The Balaban J connectivity index is 2.83. The van der Waals surface area contributed by atoms with Crippen molar-refractivity contribution in [1.82, 2.24) is 0 Å². The molecule has 0 radical (unpaired) electrons. The van der Waals surface area contributed by atoms with Gasteiger partial charge in [-0.05, 0) is 17.9 Å². The Morgan fingerprint density at radius 1 is 1.00 bits per heavy atom. The van der Waals surface area contributed by atoms with E-state index in [4.69, 9.17) is 0 Å². The number of hydrogen-bond acceptors (Lipinski definition) is 11. The van der Waals surface area contributed by atoms with Crippen LogP contribution in [0.15, 0.2) is 27.4 Å². The molecule has 2 aromatic rings. The first-order valence-electron chi connectivity index (χ1n) is 5.05. The van der Waals surface area contributed by atoms with Crippen molar-refractivity contribution < 1.29 is 43.8 Å². The standard InChI is InChI=1S/C9H6O11S2/c10-6-2-1-4-3-5(19-21(12,13)14)7(11)9(8(4)18-6)20-22(15,16)17/h1-3,11H,(H,12,13,14)(H,15,16,17)/p-3. The third-order valence-electron chi connectivity index (χ3n) is 2.16. The summed E-state index contributed by atoms with van der Waals surface area (Å²) in [5.74, 6) is -4.01. The van der Waals surface area contributed by atoms with Crippen molar-refractivity contribution in [3.05, 3.63) is 28.6 Å². The zero-order valence-corrected chi connectivity index (χ0v) is 11.7. The first kappa shape index (κ1) is 16.0. The van der Waals surface area contributed by atoms with Crippen LogP contribution in [0.1, 0.15) is 0 Å². The Morgan fingerprint density at radius 2 is 1.59 bits per heavy atom. The molecule has 0 saturated carbocycles. The molecule has 1 aromatic carbocycles. The Bertz CT molecular complexity index is 1000. The fourth-order valence-electron chi connectivity index (χ4n) is 1.49. The lowest BCUT2D eigenvalue weighted by Gasteiger charge is -2.21. The predicted octanol–water partition coefficient (Wildman–Crippen LogP) is -1.46. The highest BCUT2D eigenvalue weighted by atomic mass is 32.3. The molecule has 0 atom stereocenters. The van der Waals surface area contributed by atoms with E-state index >= 15 is 0 Å². The maximum atomic E-state index is 11.8. The summed E-state index contributed by atoms with van der Waals surface area (Å²) in [6.07, 6.45) is 0. The van der Waals surface area contributed by atoms with Crippen LogP contribution in [0.4, 0.5) is 0 Å². The largest absolute Gasteiger partial charge is 0.867 e. The summed E-state index contributed by atoms with van der Waals surface area (Å²) < 4.78 is 75.7. The topological polar surface area (TPSA) is 186 Å². The van der Waals surface area contributed by atoms with Crippen LogP contribution in [0.25, 0.3) is 11.0 Å². The van der Waals surface area contributed by atoms with Crippen LogP contribution in [0.5, 0.6) is 17.2 Å². The van der Waals surface area contributed by atoms with Gasteiger partial charge in [0.1, 0.15) is 5.75 Å². The van der Waals surface area contributed by atoms with Crippen molar-refractivity contribution in [1.29, 1.82) is 0 Å². The quantitative estimate of drug-likeness (QED) is 0.356. The summed E-state index contributed by atoms with van der Waals surface area (Å²) in [6, 6.07) is 2.53. The third kappa shape index (κ3) is 3.64. The molecular weight excluding hydrogens is 348 g/mol. The highest BCUT2D eigenvalue weighted by Crippen LogP contribution is 2.41. The van der Waals surface area contributed by atoms with Crippen LogP contribution in [0, 0.1) is 0 Å². The van der Waals surface area contributed by atoms with Crippen molar-refractivity contribution in [2.45, 2.75) is 0 Å². The van der Waals surface area contributed by atoms with Crippen LogP contribution in [-0.2, 0) is 20.8 Å². The first-order valence-corrected chi connectivity index (χ1v) is 7.71. The van der Waals surface area contributed by atoms with E-state index in [0.29, 0.717) is 6.07 Å². The van der Waals surface area contributed by atoms with E-state index in [9.17, 15) is 35.8 Å². The van der Waals surface area contributed by atoms with E-state index < -0.39 is 49.3 Å². The predicted molar refractivity (Wildman–Crippen MR) is 62.6 cm³/mol. The van der Waals surface area contributed by atoms with Crippen LogP contribution < -0.4 is 19.1 Å². The first-order chi connectivity index (χ1) is 9.96. The van der Waals surface area contributed by atoms with Gasteiger partial charge in [-0.3, -0.25) is 0 Å². The summed E-state index contributed by atoms with van der Waals surface area (Å²) >= 11 is 0. The molecule has 0 aliphatic heterocycles. The minimum absolute atomic E-state index is 0.225. The fourth-order valence-corrected chi connectivity index (χ4v) is 2.19. The molecule has 0 spiro atoms. The fraction of sp³-hybridized carbons (Fsp3) is 0. The highest BCUT2D eigenvalue weighted by molar-refractivity contribution is 7.81. The van der Waals surface area contributed by atoms with E-state index in [2.05, 4.69) is 12.8 Å². The Morgan fingerprint density at radius 3 is 2.14 bits per heavy atom. The normalized spacial score (nSPS) is 12.3. The third-order valence-corrected chi connectivity index (χ3v) is 2.92. The zero-order valence-electron chi connectivity index (χ0n) is 10.0. The smallest absolute Gasteiger partial charge is 0.336 e. The summed E-state index contributed by atoms with van der Waals surface area (Å²) in [5.41, 5.74) is -1.74. The van der Waals surface area contributed by atoms with E-state index in [1.165, 1.54) is 0 Å². The summed E-state index contributed by atoms with van der Waals surface area (Å²) in [5, 5.41) is 11.6. The lowest BCUT2D eigenvalue weighted by molar-refractivity contribution is -0.270. The molecule has 0 aliphatic carbocycles. The molecule has 1 aromatic heterocycles. The van der Waals surface area contributed by atoms with Crippen LogP contribution >= 0.6 is 0 Å². The van der Waals surface area contributed by atoms with Gasteiger partial charge in [-0.15, -0.1) is 0 Å². The maximum absolute atomic E-state index is 11.8. The number of benzene rings is 1. The molecule has 1 heterocycles. The van der Waals surface area contributed by atoms with Crippen molar-refractivity contribution in [3.63, 3.8) is 0 Å². The number of hydrogen-bond donors (Lipinski definition) is 0. The Kier molecular flexibility index (Phi) is 3.74. The van der Waals surface area contributed by atoms with Crippen molar-refractivity contribution in [3.8, 4) is 17.2 Å². The Labute approximate surface area is 122 Å². The number of rotatable bonds is 4. The second-order valence-electron chi connectivity index (χ2n) is 3.69. The van der Waals surface area contributed by atoms with Crippen molar-refractivity contribution in [2.24, 2.45) is 0 Å². The molecule has 0 bridgehead atoms. The van der Waals surface area contributed by atoms with Crippen LogP contribution in [-0.4, -0.2) is 25.9 Å². The molecule has 13 heteroatoms. The second-order valence-corrected chi connectivity index (χ2v) is 5.66. The molecule has 0 fully saturated rings. The second kappa shape index (κ2) is 5.13. The molecule has 11 nitrogen and oxygen atoms in total. The van der Waals surface area contributed by atoms with Gasteiger partial charge in [0, 0.05) is 11.5 Å². The van der Waals surface area contributed by atoms with Gasteiger partial charge < -0.3 is 27.0 Å². The molecular formula is C9H3O11S2-3. The number of fused-ring (bicyclic) bond motifs is 1. The molecule has 0 unspecified atom stereocenters. The maximum Gasteiger partial charge on any atom is 0.336 e. The highest BCUT2D eigenvalue weighted by Gasteiger charge is 2.16. The molecule has 0 amide bonds. The van der Waals surface area contributed by atoms with Gasteiger partial charge in [-0.1, -0.05) is 0 Å². The molecule has 0 saturated heterocycles. The van der Waals surface area contributed by atoms with Gasteiger partial charge in [0.2, 0.25) is 0 Å². The van der Waals surface area contributed by atoms with Gasteiger partial charge in [-0.2, -0.15) is 0 Å². The van der Waals surface area contributed by atoms with Gasteiger partial charge in [0.05, 0.1) is 0 Å². The van der Waals surface area contributed by atoms with Gasteiger partial charge in [0.15, 0.2) is 11.3 Å². The van der Waals surface area contributed by atoms with Gasteiger partial charge in [0.25, 0.3) is 20.8 Å². The molecule has 0 N–H and O–H groups in total. The van der Waals surface area contributed by atoms with E-state index in [-0.39, 0.29) is 5.39 Å². The average molecular weight is 351 g/mol. The monoisotopic (exact) mass is 351 g/mol. The summed E-state index contributed by atoms with van der Waals surface area (Å²) in [6.45, 7) is 0. The summed E-state index contributed by atoms with van der Waals surface area (Å²) in [4.78, 5) is 11.1. The van der Waals surface area contributed by atoms with Gasteiger partial charge >= 0.3 is 5.63 Å².